The predicted octanol–water partition coefficient (Wildman–Crippen LogP) is 6.48. The summed E-state index contributed by atoms with van der Waals surface area (Å²) in [5.41, 5.74) is -0.703. The normalized spacial score (nSPS) is 12.6. The zero-order valence-corrected chi connectivity index (χ0v) is 22.2. The molecule has 0 N–H and O–H groups in total. The van der Waals surface area contributed by atoms with Gasteiger partial charge in [-0.05, 0) is 57.9 Å². The van der Waals surface area contributed by atoms with Gasteiger partial charge in [-0.3, -0.25) is 4.79 Å². The Morgan fingerprint density at radius 2 is 1.26 bits per heavy atom. The fourth-order valence-corrected chi connectivity index (χ4v) is 3.01. The van der Waals surface area contributed by atoms with E-state index in [0.29, 0.717) is 57.0 Å². The molecule has 1 atom stereocenters. The molecule has 2 aromatic rings. The molecule has 0 heterocycles. The van der Waals surface area contributed by atoms with Crippen LogP contribution in [0, 0.1) is 5.41 Å². The van der Waals surface area contributed by atoms with Gasteiger partial charge in [-0.15, -0.1) is 0 Å². The Morgan fingerprint density at radius 3 is 1.80 bits per heavy atom. The SMILES string of the molecule is CC.CCC(C)(CCOCCOCCC(C)(C)OC(=O)c1ccccc1)C(=O)Oc1ccccc1. The van der Waals surface area contributed by atoms with Gasteiger partial charge >= 0.3 is 11.9 Å². The Kier molecular flexibility index (Phi) is 13.9. The Hall–Kier alpha value is -2.70. The molecular formula is C29H42O6. The third-order valence-electron chi connectivity index (χ3n) is 5.62. The van der Waals surface area contributed by atoms with Crippen LogP contribution in [-0.2, 0) is 19.0 Å². The predicted molar refractivity (Wildman–Crippen MR) is 139 cm³/mol. The van der Waals surface area contributed by atoms with Gasteiger partial charge in [0.1, 0.15) is 11.4 Å². The first kappa shape index (κ1) is 30.3. The summed E-state index contributed by atoms with van der Waals surface area (Å²) in [6, 6.07) is 18.0. The molecule has 0 aliphatic carbocycles. The van der Waals surface area contributed by atoms with E-state index in [0.717, 1.165) is 0 Å². The second kappa shape index (κ2) is 16.1. The zero-order chi connectivity index (χ0) is 26.2. The van der Waals surface area contributed by atoms with E-state index in [9.17, 15) is 9.59 Å². The number of carbonyl (C=O) groups is 2. The van der Waals surface area contributed by atoms with E-state index in [2.05, 4.69) is 0 Å². The van der Waals surface area contributed by atoms with Crippen LogP contribution in [0.3, 0.4) is 0 Å². The maximum atomic E-state index is 12.6. The third-order valence-corrected chi connectivity index (χ3v) is 5.62. The van der Waals surface area contributed by atoms with Crippen LogP contribution in [-0.4, -0.2) is 44.0 Å². The van der Waals surface area contributed by atoms with Crippen molar-refractivity contribution in [2.45, 2.75) is 66.4 Å². The molecule has 1 unspecified atom stereocenters. The first-order valence-corrected chi connectivity index (χ1v) is 12.5. The van der Waals surface area contributed by atoms with Crippen molar-refractivity contribution in [3.05, 3.63) is 66.2 Å². The number of hydrogen-bond donors (Lipinski definition) is 0. The molecule has 0 fully saturated rings. The number of carbonyl (C=O) groups excluding carboxylic acids is 2. The Bertz CT molecular complexity index is 850. The van der Waals surface area contributed by atoms with Crippen molar-refractivity contribution in [3.63, 3.8) is 0 Å². The molecule has 0 amide bonds. The summed E-state index contributed by atoms with van der Waals surface area (Å²) in [4.78, 5) is 24.8. The number of ether oxygens (including phenoxy) is 4. The maximum absolute atomic E-state index is 12.6. The van der Waals surface area contributed by atoms with E-state index in [-0.39, 0.29) is 11.9 Å². The Labute approximate surface area is 210 Å². The van der Waals surface area contributed by atoms with Crippen molar-refractivity contribution in [2.24, 2.45) is 5.41 Å². The molecule has 2 aromatic carbocycles. The fraction of sp³-hybridized carbons (Fsp3) is 0.517. The highest BCUT2D eigenvalue weighted by atomic mass is 16.6. The van der Waals surface area contributed by atoms with Crippen molar-refractivity contribution < 1.29 is 28.5 Å². The molecule has 0 radical (unpaired) electrons. The largest absolute Gasteiger partial charge is 0.456 e. The minimum absolute atomic E-state index is 0.247. The summed E-state index contributed by atoms with van der Waals surface area (Å²) in [5, 5.41) is 0. The molecule has 0 aliphatic heterocycles. The van der Waals surface area contributed by atoms with Crippen molar-refractivity contribution in [1.82, 2.24) is 0 Å². The van der Waals surface area contributed by atoms with Gasteiger partial charge in [0.15, 0.2) is 0 Å². The van der Waals surface area contributed by atoms with Crippen LogP contribution in [0.2, 0.25) is 0 Å². The molecule has 0 aliphatic rings. The van der Waals surface area contributed by atoms with Gasteiger partial charge in [0, 0.05) is 13.0 Å². The van der Waals surface area contributed by atoms with Crippen LogP contribution in [0.4, 0.5) is 0 Å². The lowest BCUT2D eigenvalue weighted by atomic mass is 9.84. The minimum Gasteiger partial charge on any atom is -0.456 e. The molecule has 0 saturated carbocycles. The molecule has 0 bridgehead atoms. The average Bonchev–Trinajstić information content (AvgIpc) is 2.87. The van der Waals surface area contributed by atoms with Gasteiger partial charge in [0.2, 0.25) is 0 Å². The standard InChI is InChI=1S/C27H36O6.C2H6/c1-5-27(4,25(29)32-23-14-10-7-11-15-23)17-19-31-21-20-30-18-16-26(2,3)33-24(28)22-12-8-6-9-13-22;1-2/h6-15H,5,16-21H2,1-4H3;1-2H3. The second-order valence-electron chi connectivity index (χ2n) is 8.86. The summed E-state index contributed by atoms with van der Waals surface area (Å²) >= 11 is 0. The molecule has 0 aromatic heterocycles. The Morgan fingerprint density at radius 1 is 0.743 bits per heavy atom. The summed E-state index contributed by atoms with van der Waals surface area (Å²) < 4.78 is 22.4. The number of para-hydroxylation sites is 1. The first-order valence-electron chi connectivity index (χ1n) is 12.5. The Balaban J connectivity index is 0.00000298. The number of hydrogen-bond acceptors (Lipinski definition) is 6. The summed E-state index contributed by atoms with van der Waals surface area (Å²) in [6.45, 7) is 13.4. The molecule has 6 heteroatoms. The van der Waals surface area contributed by atoms with E-state index in [1.807, 2.05) is 77.9 Å². The zero-order valence-electron chi connectivity index (χ0n) is 22.2. The van der Waals surface area contributed by atoms with Crippen molar-refractivity contribution in [3.8, 4) is 5.75 Å². The van der Waals surface area contributed by atoms with E-state index < -0.39 is 11.0 Å². The van der Waals surface area contributed by atoms with Crippen LogP contribution < -0.4 is 4.74 Å². The summed E-state index contributed by atoms with van der Waals surface area (Å²) in [6.07, 6.45) is 1.80. The van der Waals surface area contributed by atoms with Gasteiger partial charge in [-0.2, -0.15) is 0 Å². The molecule has 194 valence electrons. The van der Waals surface area contributed by atoms with Gasteiger partial charge in [0.25, 0.3) is 0 Å². The minimum atomic E-state index is -0.629. The molecule has 2 rings (SSSR count). The number of esters is 2. The highest BCUT2D eigenvalue weighted by molar-refractivity contribution is 5.89. The summed E-state index contributed by atoms with van der Waals surface area (Å²) in [5.74, 6) is -0.0362. The second-order valence-corrected chi connectivity index (χ2v) is 8.86. The fourth-order valence-electron chi connectivity index (χ4n) is 3.01. The molecule has 0 saturated heterocycles. The lowest BCUT2D eigenvalue weighted by Gasteiger charge is -2.26. The van der Waals surface area contributed by atoms with Gasteiger partial charge in [-0.25, -0.2) is 4.79 Å². The van der Waals surface area contributed by atoms with Gasteiger partial charge in [-0.1, -0.05) is 57.2 Å². The number of benzene rings is 2. The topological polar surface area (TPSA) is 71.1 Å². The van der Waals surface area contributed by atoms with Gasteiger partial charge in [0.05, 0.1) is 30.8 Å². The van der Waals surface area contributed by atoms with Crippen LogP contribution in [0.25, 0.3) is 0 Å². The van der Waals surface area contributed by atoms with E-state index >= 15 is 0 Å². The van der Waals surface area contributed by atoms with E-state index in [1.54, 1.807) is 24.3 Å². The quantitative estimate of drug-likeness (QED) is 0.173. The summed E-state index contributed by atoms with van der Waals surface area (Å²) in [7, 11) is 0. The van der Waals surface area contributed by atoms with Crippen LogP contribution in [0.1, 0.15) is 71.2 Å². The average molecular weight is 487 g/mol. The molecule has 35 heavy (non-hydrogen) atoms. The van der Waals surface area contributed by atoms with E-state index in [4.69, 9.17) is 18.9 Å². The monoisotopic (exact) mass is 486 g/mol. The number of rotatable bonds is 14. The van der Waals surface area contributed by atoms with Crippen molar-refractivity contribution >= 4 is 11.9 Å². The molecule has 6 nitrogen and oxygen atoms in total. The molecule has 0 spiro atoms. The van der Waals surface area contributed by atoms with Crippen LogP contribution in [0.5, 0.6) is 5.75 Å². The van der Waals surface area contributed by atoms with Crippen LogP contribution in [0.15, 0.2) is 60.7 Å². The van der Waals surface area contributed by atoms with Gasteiger partial charge < -0.3 is 18.9 Å². The van der Waals surface area contributed by atoms with Crippen molar-refractivity contribution in [1.29, 1.82) is 0 Å². The van der Waals surface area contributed by atoms with Crippen LogP contribution >= 0.6 is 0 Å². The first-order chi connectivity index (χ1) is 16.8. The maximum Gasteiger partial charge on any atom is 0.338 e. The highest BCUT2D eigenvalue weighted by Gasteiger charge is 2.33. The smallest absolute Gasteiger partial charge is 0.338 e. The lowest BCUT2D eigenvalue weighted by molar-refractivity contribution is -0.146. The lowest BCUT2D eigenvalue weighted by Crippen LogP contribution is -2.33. The highest BCUT2D eigenvalue weighted by Crippen LogP contribution is 2.28. The third kappa shape index (κ3) is 11.5. The van der Waals surface area contributed by atoms with E-state index in [1.165, 1.54) is 0 Å². The van der Waals surface area contributed by atoms with Crippen molar-refractivity contribution in [2.75, 3.05) is 26.4 Å². The molecular weight excluding hydrogens is 444 g/mol.